The molecule has 0 aliphatic heterocycles. The van der Waals surface area contributed by atoms with Gasteiger partial charge in [0.1, 0.15) is 5.75 Å². The Morgan fingerprint density at radius 1 is 1.25 bits per heavy atom. The highest BCUT2D eigenvalue weighted by Gasteiger charge is 2.10. The molecular weight excluding hydrogens is 248 g/mol. The van der Waals surface area contributed by atoms with Gasteiger partial charge in [-0.15, -0.1) is 0 Å². The fraction of sp³-hybridized carbons (Fsp3) is 0.471. The van der Waals surface area contributed by atoms with E-state index in [2.05, 4.69) is 18.8 Å². The van der Waals surface area contributed by atoms with Crippen LogP contribution in [0.5, 0.6) is 5.75 Å². The summed E-state index contributed by atoms with van der Waals surface area (Å²) in [5.41, 5.74) is 6.91. The lowest BCUT2D eigenvalue weighted by atomic mass is 10.0. The van der Waals surface area contributed by atoms with Crippen LogP contribution in [0.4, 0.5) is 5.69 Å². The molecule has 0 aliphatic carbocycles. The normalized spacial score (nSPS) is 12.5. The second-order valence-electron chi connectivity index (χ2n) is 5.30. The number of ether oxygens (including phenoxy) is 1. The van der Waals surface area contributed by atoms with Crippen LogP contribution in [0.15, 0.2) is 30.6 Å². The number of aromatic nitrogens is 1. The molecular formula is C17H24N2O. The van der Waals surface area contributed by atoms with Crippen molar-refractivity contribution in [1.29, 1.82) is 0 Å². The average molecular weight is 272 g/mol. The number of benzene rings is 1. The number of hydrogen-bond donors (Lipinski definition) is 1. The molecule has 0 bridgehead atoms. The number of fused-ring (bicyclic) bond motifs is 1. The summed E-state index contributed by atoms with van der Waals surface area (Å²) in [7, 11) is 0. The molecule has 0 aliphatic rings. The predicted molar refractivity (Wildman–Crippen MR) is 85.0 cm³/mol. The van der Waals surface area contributed by atoms with Crippen LogP contribution >= 0.6 is 0 Å². The minimum absolute atomic E-state index is 0.613. The maximum atomic E-state index is 6.19. The fourth-order valence-corrected chi connectivity index (χ4v) is 2.40. The third kappa shape index (κ3) is 3.41. The minimum Gasteiger partial charge on any atom is -0.491 e. The molecule has 1 aromatic carbocycles. The number of hydrogen-bond acceptors (Lipinski definition) is 3. The predicted octanol–water partition coefficient (Wildman–Crippen LogP) is 4.41. The van der Waals surface area contributed by atoms with Crippen LogP contribution in [0, 0.1) is 5.92 Å². The Kier molecular flexibility index (Phi) is 5.22. The van der Waals surface area contributed by atoms with Gasteiger partial charge in [-0.2, -0.15) is 0 Å². The van der Waals surface area contributed by atoms with E-state index in [0.29, 0.717) is 5.92 Å². The topological polar surface area (TPSA) is 48.1 Å². The monoisotopic (exact) mass is 272 g/mol. The molecule has 1 heterocycles. The van der Waals surface area contributed by atoms with Gasteiger partial charge >= 0.3 is 0 Å². The zero-order chi connectivity index (χ0) is 14.4. The zero-order valence-corrected chi connectivity index (χ0v) is 12.4. The minimum atomic E-state index is 0.613. The molecule has 2 aromatic rings. The Labute approximate surface area is 121 Å². The molecule has 0 saturated carbocycles. The first-order chi connectivity index (χ1) is 9.76. The fourth-order valence-electron chi connectivity index (χ4n) is 2.40. The van der Waals surface area contributed by atoms with Crippen LogP contribution in [0.3, 0.4) is 0 Å². The van der Waals surface area contributed by atoms with Gasteiger partial charge in [0.2, 0.25) is 0 Å². The molecule has 2 N–H and O–H groups in total. The van der Waals surface area contributed by atoms with E-state index in [9.17, 15) is 0 Å². The molecule has 1 unspecified atom stereocenters. The Hall–Kier alpha value is -1.77. The van der Waals surface area contributed by atoms with E-state index in [4.69, 9.17) is 10.5 Å². The van der Waals surface area contributed by atoms with E-state index in [1.54, 1.807) is 6.20 Å². The smallest absolute Gasteiger partial charge is 0.142 e. The number of pyridine rings is 1. The highest BCUT2D eigenvalue weighted by Crippen LogP contribution is 2.30. The molecule has 3 nitrogen and oxygen atoms in total. The van der Waals surface area contributed by atoms with Crippen molar-refractivity contribution >= 4 is 16.5 Å². The van der Waals surface area contributed by atoms with Crippen molar-refractivity contribution in [3.63, 3.8) is 0 Å². The first kappa shape index (κ1) is 14.6. The van der Waals surface area contributed by atoms with E-state index < -0.39 is 0 Å². The maximum absolute atomic E-state index is 6.19. The van der Waals surface area contributed by atoms with Crippen molar-refractivity contribution in [2.45, 2.75) is 39.5 Å². The van der Waals surface area contributed by atoms with Gasteiger partial charge in [-0.1, -0.05) is 33.1 Å². The largest absolute Gasteiger partial charge is 0.491 e. The molecule has 0 amide bonds. The van der Waals surface area contributed by atoms with Gasteiger partial charge in [0, 0.05) is 23.2 Å². The quantitative estimate of drug-likeness (QED) is 0.759. The Morgan fingerprint density at radius 2 is 2.10 bits per heavy atom. The van der Waals surface area contributed by atoms with Crippen LogP contribution in [-0.2, 0) is 0 Å². The van der Waals surface area contributed by atoms with Crippen LogP contribution in [-0.4, -0.2) is 11.6 Å². The third-order valence-corrected chi connectivity index (χ3v) is 3.84. The second kappa shape index (κ2) is 7.13. The molecule has 0 saturated heterocycles. The lowest BCUT2D eigenvalue weighted by Crippen LogP contribution is -2.12. The lowest BCUT2D eigenvalue weighted by Gasteiger charge is -2.17. The number of rotatable bonds is 7. The van der Waals surface area contributed by atoms with Gasteiger partial charge in [0.15, 0.2) is 0 Å². The number of nitrogens with two attached hydrogens (primary N) is 1. The van der Waals surface area contributed by atoms with Crippen molar-refractivity contribution in [3.05, 3.63) is 30.6 Å². The molecule has 108 valence electrons. The number of nitrogens with zero attached hydrogens (tertiary/aromatic N) is 1. The molecule has 0 spiro atoms. The molecule has 20 heavy (non-hydrogen) atoms. The van der Waals surface area contributed by atoms with Crippen LogP contribution in [0.2, 0.25) is 0 Å². The van der Waals surface area contributed by atoms with Crippen LogP contribution in [0.25, 0.3) is 10.8 Å². The second-order valence-corrected chi connectivity index (χ2v) is 5.30. The van der Waals surface area contributed by atoms with Crippen LogP contribution < -0.4 is 10.5 Å². The lowest BCUT2D eigenvalue weighted by molar-refractivity contribution is 0.234. The summed E-state index contributed by atoms with van der Waals surface area (Å²) in [5.74, 6) is 1.40. The third-order valence-electron chi connectivity index (χ3n) is 3.84. The maximum Gasteiger partial charge on any atom is 0.142 e. The van der Waals surface area contributed by atoms with Gasteiger partial charge in [0.25, 0.3) is 0 Å². The highest BCUT2D eigenvalue weighted by molar-refractivity contribution is 5.95. The van der Waals surface area contributed by atoms with Crippen LogP contribution in [0.1, 0.15) is 39.5 Å². The molecule has 1 atom stereocenters. The van der Waals surface area contributed by atoms with E-state index >= 15 is 0 Å². The van der Waals surface area contributed by atoms with Crippen molar-refractivity contribution in [1.82, 2.24) is 4.98 Å². The van der Waals surface area contributed by atoms with Gasteiger partial charge < -0.3 is 10.5 Å². The van der Waals surface area contributed by atoms with Gasteiger partial charge in [0.05, 0.1) is 12.3 Å². The molecule has 2 rings (SSSR count). The molecule has 0 radical (unpaired) electrons. The Morgan fingerprint density at radius 3 is 2.85 bits per heavy atom. The van der Waals surface area contributed by atoms with Crippen molar-refractivity contribution < 1.29 is 4.74 Å². The van der Waals surface area contributed by atoms with E-state index in [1.807, 2.05) is 24.4 Å². The molecule has 0 fully saturated rings. The SMILES string of the molecule is CCCCC(CC)COc1ccc2cnccc2c1N. The molecule has 3 heteroatoms. The summed E-state index contributed by atoms with van der Waals surface area (Å²) in [6, 6.07) is 5.90. The Bertz CT molecular complexity index is 554. The average Bonchev–Trinajstić information content (AvgIpc) is 2.49. The van der Waals surface area contributed by atoms with Gasteiger partial charge in [-0.05, 0) is 30.5 Å². The first-order valence-corrected chi connectivity index (χ1v) is 7.51. The highest BCUT2D eigenvalue weighted by atomic mass is 16.5. The first-order valence-electron chi connectivity index (χ1n) is 7.51. The standard InChI is InChI=1S/C17H24N2O/c1-3-5-6-13(4-2)12-20-16-8-7-14-11-19-10-9-15(14)17(16)18/h7-11,13H,3-6,12,18H2,1-2H3. The molecule has 1 aromatic heterocycles. The van der Waals surface area contributed by atoms with Crippen molar-refractivity contribution in [3.8, 4) is 5.75 Å². The van der Waals surface area contributed by atoms with Gasteiger partial charge in [-0.3, -0.25) is 4.98 Å². The number of nitrogen functional groups attached to an aromatic ring is 1. The Balaban J connectivity index is 2.07. The summed E-state index contributed by atoms with van der Waals surface area (Å²) < 4.78 is 5.95. The van der Waals surface area contributed by atoms with E-state index in [0.717, 1.165) is 35.2 Å². The number of anilines is 1. The summed E-state index contributed by atoms with van der Waals surface area (Å²) >= 11 is 0. The van der Waals surface area contributed by atoms with Gasteiger partial charge in [-0.25, -0.2) is 0 Å². The van der Waals surface area contributed by atoms with Crippen molar-refractivity contribution in [2.75, 3.05) is 12.3 Å². The summed E-state index contributed by atoms with van der Waals surface area (Å²) in [5, 5.41) is 2.06. The van der Waals surface area contributed by atoms with Crippen molar-refractivity contribution in [2.24, 2.45) is 5.92 Å². The zero-order valence-electron chi connectivity index (χ0n) is 12.4. The summed E-state index contributed by atoms with van der Waals surface area (Å²) in [6.45, 7) is 5.19. The summed E-state index contributed by atoms with van der Waals surface area (Å²) in [6.07, 6.45) is 8.47. The summed E-state index contributed by atoms with van der Waals surface area (Å²) in [4.78, 5) is 4.11. The number of unbranched alkanes of at least 4 members (excludes halogenated alkanes) is 1. The van der Waals surface area contributed by atoms with E-state index in [-0.39, 0.29) is 0 Å². The van der Waals surface area contributed by atoms with E-state index in [1.165, 1.54) is 19.3 Å².